The predicted octanol–water partition coefficient (Wildman–Crippen LogP) is 1.41. The molecule has 0 aliphatic carbocycles. The first-order valence-corrected chi connectivity index (χ1v) is 6.81. The number of carbonyl (C=O) groups is 1. The Hall–Kier alpha value is -2.20. The lowest BCUT2D eigenvalue weighted by Crippen LogP contribution is -2.47. The van der Waals surface area contributed by atoms with E-state index in [4.69, 9.17) is 0 Å². The third-order valence-electron chi connectivity index (χ3n) is 3.57. The Balaban J connectivity index is 1.59. The predicted molar refractivity (Wildman–Crippen MR) is 76.9 cm³/mol. The fourth-order valence-corrected chi connectivity index (χ4v) is 2.44. The van der Waals surface area contributed by atoms with Gasteiger partial charge in [0.2, 0.25) is 5.91 Å². The molecular formula is C16H17N3O. The molecule has 1 aromatic heterocycles. The number of fused-ring (bicyclic) bond motifs is 1. The standard InChI is InChI=1S/C16H17N3O/c20-16(19-11-14-7-3-4-8-17-14)15-9-12-5-1-2-6-13(12)10-18-15/h1-8,15,18H,9-11H2,(H,19,20)/t15-/m1/s1. The molecule has 0 spiro atoms. The number of hydrogen-bond donors (Lipinski definition) is 2. The van der Waals surface area contributed by atoms with Crippen molar-refractivity contribution in [1.82, 2.24) is 15.6 Å². The summed E-state index contributed by atoms with van der Waals surface area (Å²) in [7, 11) is 0. The topological polar surface area (TPSA) is 54.0 Å². The van der Waals surface area contributed by atoms with Gasteiger partial charge >= 0.3 is 0 Å². The number of amides is 1. The molecule has 0 fully saturated rings. The summed E-state index contributed by atoms with van der Waals surface area (Å²) in [5.74, 6) is 0.0326. The molecule has 0 saturated carbocycles. The van der Waals surface area contributed by atoms with Gasteiger partial charge in [0.15, 0.2) is 0 Å². The van der Waals surface area contributed by atoms with Crippen LogP contribution in [0.4, 0.5) is 0 Å². The first-order valence-electron chi connectivity index (χ1n) is 6.81. The van der Waals surface area contributed by atoms with Crippen molar-refractivity contribution in [2.24, 2.45) is 0 Å². The molecular weight excluding hydrogens is 250 g/mol. The average molecular weight is 267 g/mol. The van der Waals surface area contributed by atoms with Crippen molar-refractivity contribution in [2.45, 2.75) is 25.6 Å². The molecule has 4 nitrogen and oxygen atoms in total. The molecule has 1 amide bonds. The highest BCUT2D eigenvalue weighted by Gasteiger charge is 2.23. The Morgan fingerprint density at radius 2 is 2.00 bits per heavy atom. The number of pyridine rings is 1. The third kappa shape index (κ3) is 2.86. The maximum Gasteiger partial charge on any atom is 0.237 e. The van der Waals surface area contributed by atoms with Gasteiger partial charge in [-0.05, 0) is 29.7 Å². The molecule has 20 heavy (non-hydrogen) atoms. The minimum atomic E-state index is -0.159. The van der Waals surface area contributed by atoms with Crippen LogP contribution in [0.1, 0.15) is 16.8 Å². The molecule has 0 unspecified atom stereocenters. The lowest BCUT2D eigenvalue weighted by atomic mass is 9.95. The molecule has 0 saturated heterocycles. The largest absolute Gasteiger partial charge is 0.349 e. The van der Waals surface area contributed by atoms with Crippen LogP contribution in [0, 0.1) is 0 Å². The highest BCUT2D eigenvalue weighted by molar-refractivity contribution is 5.82. The normalized spacial score (nSPS) is 17.3. The number of aromatic nitrogens is 1. The van der Waals surface area contributed by atoms with Gasteiger partial charge in [-0.25, -0.2) is 0 Å². The van der Waals surface area contributed by atoms with E-state index in [1.165, 1.54) is 11.1 Å². The van der Waals surface area contributed by atoms with Crippen LogP contribution in [0.2, 0.25) is 0 Å². The van der Waals surface area contributed by atoms with E-state index in [9.17, 15) is 4.79 Å². The van der Waals surface area contributed by atoms with E-state index >= 15 is 0 Å². The van der Waals surface area contributed by atoms with Crippen LogP contribution in [0.25, 0.3) is 0 Å². The van der Waals surface area contributed by atoms with Gasteiger partial charge in [0.05, 0.1) is 18.3 Å². The van der Waals surface area contributed by atoms with Crippen LogP contribution < -0.4 is 10.6 Å². The van der Waals surface area contributed by atoms with E-state index in [0.717, 1.165) is 18.7 Å². The Morgan fingerprint density at radius 1 is 1.20 bits per heavy atom. The van der Waals surface area contributed by atoms with E-state index in [1.54, 1.807) is 6.20 Å². The SMILES string of the molecule is O=C(NCc1ccccn1)[C@H]1Cc2ccccc2CN1. The van der Waals surface area contributed by atoms with Gasteiger partial charge in [0.25, 0.3) is 0 Å². The Labute approximate surface area is 118 Å². The summed E-state index contributed by atoms with van der Waals surface area (Å²) in [4.78, 5) is 16.4. The molecule has 1 atom stereocenters. The Morgan fingerprint density at radius 3 is 2.80 bits per heavy atom. The molecule has 2 aromatic rings. The van der Waals surface area contributed by atoms with Crippen LogP contribution in [0.15, 0.2) is 48.7 Å². The quantitative estimate of drug-likeness (QED) is 0.884. The van der Waals surface area contributed by atoms with Gasteiger partial charge in [-0.1, -0.05) is 30.3 Å². The lowest BCUT2D eigenvalue weighted by Gasteiger charge is -2.25. The van der Waals surface area contributed by atoms with E-state index < -0.39 is 0 Å². The average Bonchev–Trinajstić information content (AvgIpc) is 2.53. The number of benzene rings is 1. The van der Waals surface area contributed by atoms with Crippen molar-refractivity contribution in [3.63, 3.8) is 0 Å². The number of nitrogens with zero attached hydrogens (tertiary/aromatic N) is 1. The second kappa shape index (κ2) is 5.84. The van der Waals surface area contributed by atoms with Gasteiger partial charge in [-0.3, -0.25) is 9.78 Å². The monoisotopic (exact) mass is 267 g/mol. The summed E-state index contributed by atoms with van der Waals surface area (Å²) < 4.78 is 0. The third-order valence-corrected chi connectivity index (χ3v) is 3.57. The molecule has 3 rings (SSSR count). The molecule has 1 aliphatic rings. The van der Waals surface area contributed by atoms with Crippen molar-refractivity contribution in [2.75, 3.05) is 0 Å². The van der Waals surface area contributed by atoms with Crippen molar-refractivity contribution in [1.29, 1.82) is 0 Å². The van der Waals surface area contributed by atoms with Gasteiger partial charge in [-0.15, -0.1) is 0 Å². The Bertz CT molecular complexity index is 598. The van der Waals surface area contributed by atoms with Crippen molar-refractivity contribution >= 4 is 5.91 Å². The maximum absolute atomic E-state index is 12.2. The molecule has 1 aromatic carbocycles. The van der Waals surface area contributed by atoms with Crippen LogP contribution in [0.5, 0.6) is 0 Å². The highest BCUT2D eigenvalue weighted by atomic mass is 16.2. The van der Waals surface area contributed by atoms with Crippen LogP contribution in [-0.4, -0.2) is 16.9 Å². The molecule has 2 N–H and O–H groups in total. The van der Waals surface area contributed by atoms with E-state index in [-0.39, 0.29) is 11.9 Å². The van der Waals surface area contributed by atoms with Crippen molar-refractivity contribution in [3.8, 4) is 0 Å². The first-order chi connectivity index (χ1) is 9.83. The first kappa shape index (κ1) is 12.8. The Kier molecular flexibility index (Phi) is 3.74. The summed E-state index contributed by atoms with van der Waals surface area (Å²) in [6.45, 7) is 1.22. The highest BCUT2D eigenvalue weighted by Crippen LogP contribution is 2.16. The fourth-order valence-electron chi connectivity index (χ4n) is 2.44. The molecule has 1 aliphatic heterocycles. The zero-order valence-electron chi connectivity index (χ0n) is 11.2. The molecule has 102 valence electrons. The van der Waals surface area contributed by atoms with Gasteiger partial charge < -0.3 is 10.6 Å². The summed E-state index contributed by atoms with van der Waals surface area (Å²) in [6.07, 6.45) is 2.47. The lowest BCUT2D eigenvalue weighted by molar-refractivity contribution is -0.123. The van der Waals surface area contributed by atoms with Crippen LogP contribution in [-0.2, 0) is 24.3 Å². The molecule has 4 heteroatoms. The minimum absolute atomic E-state index is 0.0326. The molecule has 0 bridgehead atoms. The van der Waals surface area contributed by atoms with E-state index in [2.05, 4.69) is 27.8 Å². The van der Waals surface area contributed by atoms with Crippen LogP contribution >= 0.6 is 0 Å². The van der Waals surface area contributed by atoms with Crippen LogP contribution in [0.3, 0.4) is 0 Å². The maximum atomic E-state index is 12.2. The van der Waals surface area contributed by atoms with Gasteiger partial charge in [0, 0.05) is 12.7 Å². The summed E-state index contributed by atoms with van der Waals surface area (Å²) in [5, 5.41) is 6.21. The molecule has 2 heterocycles. The zero-order valence-corrected chi connectivity index (χ0v) is 11.2. The second-order valence-electron chi connectivity index (χ2n) is 4.95. The number of carbonyl (C=O) groups excluding carboxylic acids is 1. The number of hydrogen-bond acceptors (Lipinski definition) is 3. The minimum Gasteiger partial charge on any atom is -0.349 e. The number of nitrogens with one attached hydrogen (secondary N) is 2. The van der Waals surface area contributed by atoms with Gasteiger partial charge in [0.1, 0.15) is 0 Å². The summed E-state index contributed by atoms with van der Waals surface area (Å²) in [5.41, 5.74) is 3.41. The van der Waals surface area contributed by atoms with Crippen molar-refractivity contribution in [3.05, 3.63) is 65.5 Å². The summed E-state index contributed by atoms with van der Waals surface area (Å²) >= 11 is 0. The number of rotatable bonds is 3. The van der Waals surface area contributed by atoms with Crippen molar-refractivity contribution < 1.29 is 4.79 Å². The zero-order chi connectivity index (χ0) is 13.8. The second-order valence-corrected chi connectivity index (χ2v) is 4.95. The van der Waals surface area contributed by atoms with E-state index in [1.807, 2.05) is 30.3 Å². The summed E-state index contributed by atoms with van der Waals surface area (Å²) in [6, 6.07) is 13.8. The smallest absolute Gasteiger partial charge is 0.237 e. The molecule has 0 radical (unpaired) electrons. The van der Waals surface area contributed by atoms with E-state index in [0.29, 0.717) is 6.54 Å². The van der Waals surface area contributed by atoms with Gasteiger partial charge in [-0.2, -0.15) is 0 Å². The fraction of sp³-hybridized carbons (Fsp3) is 0.250.